The molecule has 0 aromatic carbocycles. The average molecular weight is 245 g/mol. The molecule has 0 amide bonds. The third-order valence-corrected chi connectivity index (χ3v) is 3.95. The molecular formula is C13H19N5. The number of nitrogens with zero attached hydrogens (tertiary/aromatic N) is 4. The van der Waals surface area contributed by atoms with Crippen LogP contribution in [0.5, 0.6) is 0 Å². The molecule has 2 aromatic rings. The van der Waals surface area contributed by atoms with Crippen LogP contribution in [0.25, 0.3) is 11.3 Å². The van der Waals surface area contributed by atoms with Gasteiger partial charge in [-0.05, 0) is 19.3 Å². The summed E-state index contributed by atoms with van der Waals surface area (Å²) in [6, 6.07) is 0. The number of rotatable bonds is 1. The maximum absolute atomic E-state index is 6.24. The first-order valence-corrected chi connectivity index (χ1v) is 6.41. The minimum absolute atomic E-state index is 0.696. The summed E-state index contributed by atoms with van der Waals surface area (Å²) in [6.45, 7) is 5.29. The number of anilines is 1. The van der Waals surface area contributed by atoms with Crippen molar-refractivity contribution in [3.63, 3.8) is 0 Å². The summed E-state index contributed by atoms with van der Waals surface area (Å²) >= 11 is 0. The first-order valence-electron chi connectivity index (χ1n) is 6.41. The van der Waals surface area contributed by atoms with E-state index in [1.807, 2.05) is 24.9 Å². The van der Waals surface area contributed by atoms with Crippen molar-refractivity contribution in [1.82, 2.24) is 19.3 Å². The number of aryl methyl sites for hydroxylation is 1. The number of imidazole rings is 1. The fourth-order valence-corrected chi connectivity index (χ4v) is 2.61. The van der Waals surface area contributed by atoms with E-state index in [1.54, 1.807) is 0 Å². The van der Waals surface area contributed by atoms with Crippen LogP contribution < -0.4 is 5.73 Å². The molecule has 0 radical (unpaired) electrons. The largest absolute Gasteiger partial charge is 0.383 e. The smallest absolute Gasteiger partial charge is 0.131 e. The first-order chi connectivity index (χ1) is 8.58. The minimum atomic E-state index is 0.696. The van der Waals surface area contributed by atoms with E-state index in [0.717, 1.165) is 41.6 Å². The van der Waals surface area contributed by atoms with Gasteiger partial charge >= 0.3 is 0 Å². The lowest BCUT2D eigenvalue weighted by Crippen LogP contribution is -2.18. The number of fused-ring (bicyclic) bond motifs is 1. The predicted octanol–water partition coefficient (Wildman–Crippen LogP) is 1.76. The molecule has 5 nitrogen and oxygen atoms in total. The highest BCUT2D eigenvalue weighted by Crippen LogP contribution is 2.32. The molecule has 0 fully saturated rings. The lowest BCUT2D eigenvalue weighted by Gasteiger charge is -2.20. The van der Waals surface area contributed by atoms with E-state index >= 15 is 0 Å². The molecule has 1 unspecified atom stereocenters. The standard InChI is InChI=1S/C13H19N5/c1-8-4-5-18-11(6-8)16-12(13(18)14)10-7-15-17(3)9(10)2/h7-8H,4-6,14H2,1-3H3. The first kappa shape index (κ1) is 11.3. The average Bonchev–Trinajstić information content (AvgIpc) is 2.82. The molecule has 2 aromatic heterocycles. The highest BCUT2D eigenvalue weighted by molar-refractivity contribution is 5.72. The van der Waals surface area contributed by atoms with Crippen LogP contribution in [0.3, 0.4) is 0 Å². The molecular weight excluding hydrogens is 226 g/mol. The maximum Gasteiger partial charge on any atom is 0.131 e. The zero-order valence-corrected chi connectivity index (χ0v) is 11.1. The van der Waals surface area contributed by atoms with Crippen LogP contribution in [0.4, 0.5) is 5.82 Å². The molecule has 0 saturated carbocycles. The van der Waals surface area contributed by atoms with Gasteiger partial charge in [0.05, 0.1) is 6.20 Å². The van der Waals surface area contributed by atoms with Crippen molar-refractivity contribution in [3.8, 4) is 11.3 Å². The third-order valence-electron chi connectivity index (χ3n) is 3.95. The van der Waals surface area contributed by atoms with Crippen LogP contribution in [0, 0.1) is 12.8 Å². The Hall–Kier alpha value is -1.78. The topological polar surface area (TPSA) is 61.7 Å². The van der Waals surface area contributed by atoms with Gasteiger partial charge in [0.15, 0.2) is 0 Å². The van der Waals surface area contributed by atoms with Gasteiger partial charge in [-0.1, -0.05) is 6.92 Å². The Bertz CT molecular complexity index is 593. The number of hydrogen-bond donors (Lipinski definition) is 1. The Morgan fingerprint density at radius 1 is 1.44 bits per heavy atom. The predicted molar refractivity (Wildman–Crippen MR) is 71.1 cm³/mol. The number of hydrogen-bond acceptors (Lipinski definition) is 3. The minimum Gasteiger partial charge on any atom is -0.383 e. The van der Waals surface area contributed by atoms with Gasteiger partial charge in [0.1, 0.15) is 17.3 Å². The van der Waals surface area contributed by atoms with Gasteiger partial charge in [0.2, 0.25) is 0 Å². The second kappa shape index (κ2) is 3.86. The molecule has 3 rings (SSSR count). The third kappa shape index (κ3) is 1.54. The van der Waals surface area contributed by atoms with E-state index in [2.05, 4.69) is 16.6 Å². The van der Waals surface area contributed by atoms with Crippen LogP contribution in [0.15, 0.2) is 6.20 Å². The summed E-state index contributed by atoms with van der Waals surface area (Å²) in [5.74, 6) is 2.60. The summed E-state index contributed by atoms with van der Waals surface area (Å²) in [5, 5.41) is 4.27. The normalized spacial score (nSPS) is 18.9. The molecule has 18 heavy (non-hydrogen) atoms. The van der Waals surface area contributed by atoms with Crippen molar-refractivity contribution in [1.29, 1.82) is 0 Å². The Kier molecular flexibility index (Phi) is 2.43. The Morgan fingerprint density at radius 3 is 2.89 bits per heavy atom. The number of nitrogen functional groups attached to an aromatic ring is 1. The summed E-state index contributed by atoms with van der Waals surface area (Å²) in [5.41, 5.74) is 9.28. The molecule has 1 aliphatic rings. The van der Waals surface area contributed by atoms with Crippen molar-refractivity contribution in [3.05, 3.63) is 17.7 Å². The second-order valence-electron chi connectivity index (χ2n) is 5.28. The van der Waals surface area contributed by atoms with Gasteiger partial charge < -0.3 is 10.3 Å². The van der Waals surface area contributed by atoms with Crippen molar-refractivity contribution < 1.29 is 0 Å². The molecule has 5 heteroatoms. The zero-order chi connectivity index (χ0) is 12.9. The van der Waals surface area contributed by atoms with Crippen LogP contribution in [-0.4, -0.2) is 19.3 Å². The van der Waals surface area contributed by atoms with Gasteiger partial charge in [-0.25, -0.2) is 4.98 Å². The summed E-state index contributed by atoms with van der Waals surface area (Å²) in [7, 11) is 1.94. The molecule has 3 heterocycles. The Labute approximate surface area is 107 Å². The molecule has 1 atom stereocenters. The van der Waals surface area contributed by atoms with E-state index in [-0.39, 0.29) is 0 Å². The van der Waals surface area contributed by atoms with Crippen LogP contribution in [0.2, 0.25) is 0 Å². The van der Waals surface area contributed by atoms with Gasteiger partial charge in [0, 0.05) is 31.3 Å². The molecule has 0 saturated heterocycles. The van der Waals surface area contributed by atoms with Crippen molar-refractivity contribution in [2.45, 2.75) is 33.2 Å². The lowest BCUT2D eigenvalue weighted by atomic mass is 10.0. The van der Waals surface area contributed by atoms with Gasteiger partial charge in [-0.3, -0.25) is 4.68 Å². The number of nitrogens with two attached hydrogens (primary N) is 1. The van der Waals surface area contributed by atoms with Crippen LogP contribution >= 0.6 is 0 Å². The summed E-state index contributed by atoms with van der Waals surface area (Å²) in [4.78, 5) is 4.73. The van der Waals surface area contributed by atoms with E-state index in [1.165, 1.54) is 6.42 Å². The summed E-state index contributed by atoms with van der Waals surface area (Å²) in [6.07, 6.45) is 4.05. The van der Waals surface area contributed by atoms with Crippen molar-refractivity contribution in [2.24, 2.45) is 13.0 Å². The van der Waals surface area contributed by atoms with Crippen LogP contribution in [-0.2, 0) is 20.0 Å². The Morgan fingerprint density at radius 2 is 2.22 bits per heavy atom. The van der Waals surface area contributed by atoms with Gasteiger partial charge in [-0.15, -0.1) is 0 Å². The van der Waals surface area contributed by atoms with Gasteiger partial charge in [-0.2, -0.15) is 5.10 Å². The van der Waals surface area contributed by atoms with Crippen LogP contribution in [0.1, 0.15) is 24.9 Å². The van der Waals surface area contributed by atoms with E-state index in [9.17, 15) is 0 Å². The highest BCUT2D eigenvalue weighted by atomic mass is 15.3. The molecule has 0 bridgehead atoms. The fraction of sp³-hybridized carbons (Fsp3) is 0.538. The summed E-state index contributed by atoms with van der Waals surface area (Å²) < 4.78 is 4.01. The molecule has 0 spiro atoms. The molecule has 0 aliphatic carbocycles. The molecule has 2 N–H and O–H groups in total. The fourth-order valence-electron chi connectivity index (χ4n) is 2.61. The SMILES string of the molecule is Cc1c(-c2nc3n(c2N)CCC(C)C3)cnn1C. The van der Waals surface area contributed by atoms with Crippen molar-refractivity contribution >= 4 is 5.82 Å². The lowest BCUT2D eigenvalue weighted by molar-refractivity contribution is 0.412. The van der Waals surface area contributed by atoms with E-state index in [0.29, 0.717) is 5.92 Å². The second-order valence-corrected chi connectivity index (χ2v) is 5.28. The molecule has 1 aliphatic heterocycles. The Balaban J connectivity index is 2.12. The monoisotopic (exact) mass is 245 g/mol. The molecule has 96 valence electrons. The number of aromatic nitrogens is 4. The van der Waals surface area contributed by atoms with Crippen molar-refractivity contribution in [2.75, 3.05) is 5.73 Å². The zero-order valence-electron chi connectivity index (χ0n) is 11.1. The highest BCUT2D eigenvalue weighted by Gasteiger charge is 2.23. The van der Waals surface area contributed by atoms with E-state index in [4.69, 9.17) is 10.7 Å². The maximum atomic E-state index is 6.24. The van der Waals surface area contributed by atoms with E-state index < -0.39 is 0 Å². The van der Waals surface area contributed by atoms with Gasteiger partial charge in [0.25, 0.3) is 0 Å². The quantitative estimate of drug-likeness (QED) is 0.832.